The van der Waals surface area contributed by atoms with Gasteiger partial charge in [-0.3, -0.25) is 24.1 Å². The molecule has 1 fully saturated rings. The van der Waals surface area contributed by atoms with E-state index in [9.17, 15) is 19.2 Å². The summed E-state index contributed by atoms with van der Waals surface area (Å²) in [5.74, 6) is -2.69. The van der Waals surface area contributed by atoms with Gasteiger partial charge in [-0.25, -0.2) is 4.90 Å². The Morgan fingerprint density at radius 1 is 1.14 bits per heavy atom. The van der Waals surface area contributed by atoms with E-state index in [2.05, 4.69) is 0 Å². The van der Waals surface area contributed by atoms with Crippen molar-refractivity contribution in [3.05, 3.63) is 35.9 Å². The minimum Gasteiger partial charge on any atom is -0.320 e. The molecule has 10 heteroatoms. The highest BCUT2D eigenvalue weighted by Crippen LogP contribution is 2.23. The molecule has 1 aromatic carbocycles. The van der Waals surface area contributed by atoms with E-state index in [1.807, 2.05) is 0 Å². The zero-order valence-electron chi connectivity index (χ0n) is 15.5. The fourth-order valence-corrected chi connectivity index (χ4v) is 3.76. The van der Waals surface area contributed by atoms with E-state index in [4.69, 9.17) is 23.7 Å². The van der Waals surface area contributed by atoms with Crippen molar-refractivity contribution in [2.75, 3.05) is 5.75 Å². The molecule has 3 unspecified atom stereocenters. The van der Waals surface area contributed by atoms with Gasteiger partial charge in [0.25, 0.3) is 5.91 Å². The molecular weight excluding hydrogens is 400 g/mol. The van der Waals surface area contributed by atoms with Gasteiger partial charge in [0.05, 0.1) is 17.8 Å². The molecule has 1 saturated heterocycles. The second-order valence-electron chi connectivity index (χ2n) is 6.45. The molecule has 8 nitrogen and oxygen atoms in total. The van der Waals surface area contributed by atoms with E-state index in [1.54, 1.807) is 30.3 Å². The number of hydrogen-bond donors (Lipinski definition) is 2. The van der Waals surface area contributed by atoms with Gasteiger partial charge >= 0.3 is 0 Å². The van der Waals surface area contributed by atoms with Crippen LogP contribution in [-0.4, -0.2) is 61.6 Å². The maximum absolute atomic E-state index is 13.2. The standard InChI is InChI=1S/C18H22N4O4S2/c1-10(19)15(24)21(16(25)11(2)20)13(8-12-6-4-3-5-7-12)17(26)22-14(23)9-28-18(22)27/h3-7,10-11,13H,8-9,19-20H2,1-2H3. The van der Waals surface area contributed by atoms with E-state index in [1.165, 1.54) is 13.8 Å². The average molecular weight is 423 g/mol. The topological polar surface area (TPSA) is 127 Å². The Labute approximate surface area is 172 Å². The van der Waals surface area contributed by atoms with Crippen molar-refractivity contribution in [1.29, 1.82) is 0 Å². The smallest absolute Gasteiger partial charge is 0.258 e. The molecular formula is C18H22N4O4S2. The quantitative estimate of drug-likeness (QED) is 0.615. The summed E-state index contributed by atoms with van der Waals surface area (Å²) in [6.07, 6.45) is 0.00759. The lowest BCUT2D eigenvalue weighted by atomic mass is 10.0. The molecule has 0 aliphatic carbocycles. The zero-order valence-corrected chi connectivity index (χ0v) is 17.2. The number of nitrogens with two attached hydrogens (primary N) is 2. The lowest BCUT2D eigenvalue weighted by molar-refractivity contribution is -0.156. The van der Waals surface area contributed by atoms with Crippen molar-refractivity contribution in [1.82, 2.24) is 9.80 Å². The van der Waals surface area contributed by atoms with E-state index in [0.29, 0.717) is 5.56 Å². The molecule has 3 atom stereocenters. The third-order valence-electron chi connectivity index (χ3n) is 4.09. The van der Waals surface area contributed by atoms with Crippen molar-refractivity contribution in [2.24, 2.45) is 11.5 Å². The summed E-state index contributed by atoms with van der Waals surface area (Å²) in [6.45, 7) is 2.82. The molecule has 0 aromatic heterocycles. The molecule has 1 aromatic rings. The molecule has 1 aliphatic rings. The number of thioether (sulfide) groups is 1. The summed E-state index contributed by atoms with van der Waals surface area (Å²) in [5.41, 5.74) is 12.1. The van der Waals surface area contributed by atoms with Gasteiger partial charge < -0.3 is 11.5 Å². The van der Waals surface area contributed by atoms with Crippen molar-refractivity contribution in [3.63, 3.8) is 0 Å². The number of amides is 4. The van der Waals surface area contributed by atoms with Crippen molar-refractivity contribution in [3.8, 4) is 0 Å². The van der Waals surface area contributed by atoms with Crippen LogP contribution in [0.5, 0.6) is 0 Å². The van der Waals surface area contributed by atoms with Gasteiger partial charge in [-0.2, -0.15) is 0 Å². The van der Waals surface area contributed by atoms with Crippen LogP contribution in [-0.2, 0) is 25.6 Å². The van der Waals surface area contributed by atoms with E-state index >= 15 is 0 Å². The van der Waals surface area contributed by atoms with Gasteiger partial charge in [0, 0.05) is 6.42 Å². The Balaban J connectivity index is 2.51. The Bertz CT molecular complexity index is 762. The minimum atomic E-state index is -1.29. The van der Waals surface area contributed by atoms with Crippen molar-refractivity contribution < 1.29 is 19.2 Å². The number of imide groups is 2. The number of benzene rings is 1. The van der Waals surface area contributed by atoms with E-state index < -0.39 is 41.8 Å². The molecule has 1 aliphatic heterocycles. The molecule has 0 radical (unpaired) electrons. The van der Waals surface area contributed by atoms with Gasteiger partial charge in [-0.15, -0.1) is 0 Å². The van der Waals surface area contributed by atoms with Crippen LogP contribution >= 0.6 is 24.0 Å². The normalized spacial score (nSPS) is 17.2. The molecule has 1 heterocycles. The lowest BCUT2D eigenvalue weighted by Gasteiger charge is -2.33. The molecule has 0 saturated carbocycles. The highest BCUT2D eigenvalue weighted by molar-refractivity contribution is 8.24. The van der Waals surface area contributed by atoms with Crippen LogP contribution in [0.4, 0.5) is 0 Å². The van der Waals surface area contributed by atoms with Crippen LogP contribution in [0.3, 0.4) is 0 Å². The Hall–Kier alpha value is -2.14. The van der Waals surface area contributed by atoms with Crippen LogP contribution in [0.25, 0.3) is 0 Å². The Kier molecular flexibility index (Phi) is 7.41. The highest BCUT2D eigenvalue weighted by Gasteiger charge is 2.43. The minimum absolute atomic E-state index is 0.00759. The summed E-state index contributed by atoms with van der Waals surface area (Å²) in [4.78, 5) is 52.5. The first-order chi connectivity index (χ1) is 13.1. The molecule has 2 rings (SSSR count). The third-order valence-corrected chi connectivity index (χ3v) is 5.45. The first kappa shape index (κ1) is 22.2. The predicted molar refractivity (Wildman–Crippen MR) is 110 cm³/mol. The van der Waals surface area contributed by atoms with Crippen molar-refractivity contribution >= 4 is 51.9 Å². The van der Waals surface area contributed by atoms with Crippen LogP contribution in [0, 0.1) is 0 Å². The summed E-state index contributed by atoms with van der Waals surface area (Å²) in [6, 6.07) is 5.48. The number of rotatable bonds is 6. The summed E-state index contributed by atoms with van der Waals surface area (Å²) < 4.78 is 0.0921. The summed E-state index contributed by atoms with van der Waals surface area (Å²) in [7, 11) is 0. The summed E-state index contributed by atoms with van der Waals surface area (Å²) in [5, 5.41) is 0. The van der Waals surface area contributed by atoms with E-state index in [-0.39, 0.29) is 16.5 Å². The number of carbonyl (C=O) groups is 4. The Morgan fingerprint density at radius 2 is 1.68 bits per heavy atom. The van der Waals surface area contributed by atoms with Crippen LogP contribution in [0.2, 0.25) is 0 Å². The van der Waals surface area contributed by atoms with Gasteiger partial charge in [0.2, 0.25) is 17.7 Å². The fraction of sp³-hybridized carbons (Fsp3) is 0.389. The monoisotopic (exact) mass is 422 g/mol. The van der Waals surface area contributed by atoms with E-state index in [0.717, 1.165) is 21.6 Å². The number of carbonyl (C=O) groups excluding carboxylic acids is 4. The highest BCUT2D eigenvalue weighted by atomic mass is 32.2. The third kappa shape index (κ3) is 4.82. The number of nitrogens with zero attached hydrogens (tertiary/aromatic N) is 2. The zero-order chi connectivity index (χ0) is 21.0. The molecule has 150 valence electrons. The summed E-state index contributed by atoms with van der Waals surface area (Å²) >= 11 is 6.16. The van der Waals surface area contributed by atoms with Gasteiger partial charge in [-0.1, -0.05) is 54.3 Å². The van der Waals surface area contributed by atoms with Gasteiger partial charge in [0.1, 0.15) is 6.04 Å². The maximum Gasteiger partial charge on any atom is 0.258 e. The first-order valence-corrected chi connectivity index (χ1v) is 10.00. The van der Waals surface area contributed by atoms with Crippen LogP contribution in [0.1, 0.15) is 19.4 Å². The number of hydrogen-bond acceptors (Lipinski definition) is 8. The predicted octanol–water partition coefficient (Wildman–Crippen LogP) is 0.0342. The molecule has 28 heavy (non-hydrogen) atoms. The molecule has 0 spiro atoms. The molecule has 4 amide bonds. The average Bonchev–Trinajstić information content (AvgIpc) is 2.99. The van der Waals surface area contributed by atoms with Gasteiger partial charge in [-0.05, 0) is 19.4 Å². The molecule has 0 bridgehead atoms. The second kappa shape index (κ2) is 9.37. The van der Waals surface area contributed by atoms with Crippen LogP contribution < -0.4 is 11.5 Å². The largest absolute Gasteiger partial charge is 0.320 e. The lowest BCUT2D eigenvalue weighted by Crippen LogP contribution is -2.60. The van der Waals surface area contributed by atoms with Gasteiger partial charge in [0.15, 0.2) is 4.32 Å². The molecule has 4 N–H and O–H groups in total. The second-order valence-corrected chi connectivity index (χ2v) is 8.06. The van der Waals surface area contributed by atoms with Crippen molar-refractivity contribution in [2.45, 2.75) is 38.4 Å². The fourth-order valence-electron chi connectivity index (χ4n) is 2.70. The SMILES string of the molecule is CC(N)C(=O)N(C(=O)C(C)N)C(Cc1ccccc1)C(=O)N1C(=O)CSC1=S. The Morgan fingerprint density at radius 3 is 2.11 bits per heavy atom. The van der Waals surface area contributed by atoms with Crippen LogP contribution in [0.15, 0.2) is 30.3 Å². The maximum atomic E-state index is 13.2. The first-order valence-electron chi connectivity index (χ1n) is 8.60. The number of thiocarbonyl (C=S) groups is 1.